The second-order valence-electron chi connectivity index (χ2n) is 7.08. The maximum atomic E-state index is 12.9. The number of likely N-dealkylation sites (tertiary alicyclic amines) is 1. The molecular weight excluding hydrogens is 379 g/mol. The molecule has 0 amide bonds. The second kappa shape index (κ2) is 8.20. The van der Waals surface area contributed by atoms with Crippen LogP contribution in [0, 0.1) is 0 Å². The number of hydrogen-bond acceptors (Lipinski definition) is 3. The number of rotatable bonds is 6. The minimum atomic E-state index is -4.40. The molecule has 1 N–H and O–H groups in total. The molecule has 148 valence electrons. The van der Waals surface area contributed by atoms with Crippen molar-refractivity contribution in [1.82, 2.24) is 14.7 Å². The number of aryl methyl sites for hydroxylation is 1. The Hall–Kier alpha value is -1.57. The Bertz CT molecular complexity index is 755. The van der Waals surface area contributed by atoms with Crippen molar-refractivity contribution in [3.05, 3.63) is 52.8 Å². The summed E-state index contributed by atoms with van der Waals surface area (Å²) in [4.78, 5) is 2.25. The Morgan fingerprint density at radius 2 is 1.85 bits per heavy atom. The zero-order chi connectivity index (χ0) is 19.5. The predicted molar refractivity (Wildman–Crippen MR) is 97.5 cm³/mol. The smallest absolute Gasteiger partial charge is 0.385 e. The van der Waals surface area contributed by atoms with Crippen molar-refractivity contribution in [3.63, 3.8) is 0 Å². The number of benzene rings is 1. The standard InChI is InChI=1S/C19H23ClF3N3O/c20-17-13-24-26(14-17)9-2-1-8-25-10-6-18(27,7-11-25)15-4-3-5-16(12-15)19(21,22)23/h3-5,12-14,27H,1-2,6-11H2. The van der Waals surface area contributed by atoms with E-state index in [1.54, 1.807) is 18.5 Å². The minimum Gasteiger partial charge on any atom is -0.385 e. The van der Waals surface area contributed by atoms with Crippen LogP contribution in [-0.4, -0.2) is 39.4 Å². The van der Waals surface area contributed by atoms with Crippen LogP contribution in [0.4, 0.5) is 13.2 Å². The molecule has 1 aliphatic rings. The molecule has 8 heteroatoms. The van der Waals surface area contributed by atoms with E-state index in [1.165, 1.54) is 6.07 Å². The number of aromatic nitrogens is 2. The van der Waals surface area contributed by atoms with Crippen LogP contribution in [0.2, 0.25) is 5.02 Å². The molecule has 1 fully saturated rings. The molecule has 0 aliphatic carbocycles. The van der Waals surface area contributed by atoms with Gasteiger partial charge in [-0.3, -0.25) is 4.68 Å². The van der Waals surface area contributed by atoms with Crippen LogP contribution in [0.3, 0.4) is 0 Å². The van der Waals surface area contributed by atoms with Crippen LogP contribution in [0.5, 0.6) is 0 Å². The molecule has 1 saturated heterocycles. The van der Waals surface area contributed by atoms with Gasteiger partial charge in [-0.15, -0.1) is 0 Å². The Morgan fingerprint density at radius 3 is 2.48 bits per heavy atom. The number of piperidine rings is 1. The van der Waals surface area contributed by atoms with Crippen LogP contribution in [0.1, 0.15) is 36.8 Å². The van der Waals surface area contributed by atoms with E-state index in [4.69, 9.17) is 11.6 Å². The van der Waals surface area contributed by atoms with Gasteiger partial charge in [-0.25, -0.2) is 0 Å². The van der Waals surface area contributed by atoms with E-state index in [0.29, 0.717) is 36.5 Å². The SMILES string of the molecule is OC1(c2cccc(C(F)(F)F)c2)CCN(CCCCn2cc(Cl)cn2)CC1. The van der Waals surface area contributed by atoms with Crippen LogP contribution in [-0.2, 0) is 18.3 Å². The first-order chi connectivity index (χ1) is 12.8. The third kappa shape index (κ3) is 5.24. The first kappa shape index (κ1) is 20.2. The zero-order valence-electron chi connectivity index (χ0n) is 14.9. The third-order valence-electron chi connectivity index (χ3n) is 5.12. The topological polar surface area (TPSA) is 41.3 Å². The van der Waals surface area contributed by atoms with E-state index in [1.807, 2.05) is 4.68 Å². The number of alkyl halides is 3. The zero-order valence-corrected chi connectivity index (χ0v) is 15.7. The van der Waals surface area contributed by atoms with Gasteiger partial charge in [0, 0.05) is 25.8 Å². The summed E-state index contributed by atoms with van der Waals surface area (Å²) in [5.41, 5.74) is -1.55. The summed E-state index contributed by atoms with van der Waals surface area (Å²) in [5.74, 6) is 0. The predicted octanol–water partition coefficient (Wildman–Crippen LogP) is 4.32. The van der Waals surface area contributed by atoms with Gasteiger partial charge in [0.15, 0.2) is 0 Å². The first-order valence-electron chi connectivity index (χ1n) is 9.07. The van der Waals surface area contributed by atoms with Crippen molar-refractivity contribution in [2.45, 2.75) is 44.0 Å². The highest BCUT2D eigenvalue weighted by molar-refractivity contribution is 6.30. The number of aliphatic hydroxyl groups is 1. The highest BCUT2D eigenvalue weighted by Crippen LogP contribution is 2.36. The number of unbranched alkanes of at least 4 members (excludes halogenated alkanes) is 1. The van der Waals surface area contributed by atoms with Gasteiger partial charge in [0.2, 0.25) is 0 Å². The molecule has 1 aromatic carbocycles. The molecule has 0 unspecified atom stereocenters. The fourth-order valence-electron chi connectivity index (χ4n) is 3.49. The van der Waals surface area contributed by atoms with E-state index in [2.05, 4.69) is 10.00 Å². The van der Waals surface area contributed by atoms with Crippen molar-refractivity contribution in [2.75, 3.05) is 19.6 Å². The average Bonchev–Trinajstić information content (AvgIpc) is 3.05. The highest BCUT2D eigenvalue weighted by atomic mass is 35.5. The summed E-state index contributed by atoms with van der Waals surface area (Å²) in [6, 6.07) is 5.06. The number of halogens is 4. The average molecular weight is 402 g/mol. The number of hydrogen-bond donors (Lipinski definition) is 1. The summed E-state index contributed by atoms with van der Waals surface area (Å²) in [6.07, 6.45) is 1.82. The maximum Gasteiger partial charge on any atom is 0.416 e. The Balaban J connectivity index is 1.47. The lowest BCUT2D eigenvalue weighted by atomic mass is 9.83. The van der Waals surface area contributed by atoms with E-state index < -0.39 is 17.3 Å². The molecule has 0 bridgehead atoms. The van der Waals surface area contributed by atoms with Crippen LogP contribution < -0.4 is 0 Å². The van der Waals surface area contributed by atoms with Gasteiger partial charge in [-0.2, -0.15) is 18.3 Å². The van der Waals surface area contributed by atoms with Gasteiger partial charge in [0.25, 0.3) is 0 Å². The second-order valence-corrected chi connectivity index (χ2v) is 7.52. The Labute approximate surface area is 161 Å². The quantitative estimate of drug-likeness (QED) is 0.733. The molecule has 2 aromatic rings. The monoisotopic (exact) mass is 401 g/mol. The van der Waals surface area contributed by atoms with Crippen molar-refractivity contribution < 1.29 is 18.3 Å². The molecule has 0 spiro atoms. The molecule has 1 aromatic heterocycles. The van der Waals surface area contributed by atoms with Crippen LogP contribution in [0.25, 0.3) is 0 Å². The van der Waals surface area contributed by atoms with Crippen LogP contribution >= 0.6 is 11.6 Å². The molecule has 1 aliphatic heterocycles. The fourth-order valence-corrected chi connectivity index (χ4v) is 3.65. The van der Waals surface area contributed by atoms with Gasteiger partial charge in [0.05, 0.1) is 22.4 Å². The lowest BCUT2D eigenvalue weighted by molar-refractivity contribution is -0.137. The molecule has 0 saturated carbocycles. The van der Waals surface area contributed by atoms with Gasteiger partial charge in [-0.1, -0.05) is 23.7 Å². The fraction of sp³-hybridized carbons (Fsp3) is 0.526. The lowest BCUT2D eigenvalue weighted by Gasteiger charge is -2.38. The van der Waals surface area contributed by atoms with Crippen molar-refractivity contribution >= 4 is 11.6 Å². The van der Waals surface area contributed by atoms with Crippen molar-refractivity contribution in [3.8, 4) is 0 Å². The summed E-state index contributed by atoms with van der Waals surface area (Å²) in [7, 11) is 0. The lowest BCUT2D eigenvalue weighted by Crippen LogP contribution is -2.43. The van der Waals surface area contributed by atoms with Gasteiger partial charge >= 0.3 is 6.18 Å². The highest BCUT2D eigenvalue weighted by Gasteiger charge is 2.36. The van der Waals surface area contributed by atoms with Gasteiger partial charge < -0.3 is 10.0 Å². The molecule has 3 rings (SSSR count). The van der Waals surface area contributed by atoms with E-state index in [-0.39, 0.29) is 0 Å². The van der Waals surface area contributed by atoms with Gasteiger partial charge in [0.1, 0.15) is 0 Å². The third-order valence-corrected chi connectivity index (χ3v) is 5.32. The summed E-state index contributed by atoms with van der Waals surface area (Å²) >= 11 is 5.83. The molecular formula is C19H23ClF3N3O. The molecule has 0 atom stereocenters. The normalized spacial score (nSPS) is 18.0. The van der Waals surface area contributed by atoms with Gasteiger partial charge in [-0.05, 0) is 49.9 Å². The van der Waals surface area contributed by atoms with E-state index in [9.17, 15) is 18.3 Å². The van der Waals surface area contributed by atoms with Crippen molar-refractivity contribution in [1.29, 1.82) is 0 Å². The minimum absolute atomic E-state index is 0.354. The van der Waals surface area contributed by atoms with E-state index in [0.717, 1.165) is 38.1 Å². The van der Waals surface area contributed by atoms with Crippen molar-refractivity contribution in [2.24, 2.45) is 0 Å². The Morgan fingerprint density at radius 1 is 1.15 bits per heavy atom. The van der Waals surface area contributed by atoms with Crippen LogP contribution in [0.15, 0.2) is 36.7 Å². The summed E-state index contributed by atoms with van der Waals surface area (Å²) in [5, 5.41) is 15.6. The summed E-state index contributed by atoms with van der Waals surface area (Å²) in [6.45, 7) is 3.03. The molecule has 4 nitrogen and oxygen atoms in total. The molecule has 0 radical (unpaired) electrons. The van der Waals surface area contributed by atoms with E-state index >= 15 is 0 Å². The number of nitrogens with zero attached hydrogens (tertiary/aromatic N) is 3. The largest absolute Gasteiger partial charge is 0.416 e. The maximum absolute atomic E-state index is 12.9. The first-order valence-corrected chi connectivity index (χ1v) is 9.44. The molecule has 27 heavy (non-hydrogen) atoms. The Kier molecular flexibility index (Phi) is 6.13. The summed E-state index contributed by atoms with van der Waals surface area (Å²) < 4.78 is 40.6. The molecule has 2 heterocycles.